The molecule has 0 aromatic carbocycles. The number of aromatic nitrogens is 1. The molecule has 1 aromatic rings. The Bertz CT molecular complexity index is 420. The summed E-state index contributed by atoms with van der Waals surface area (Å²) in [6.07, 6.45) is 2.36. The van der Waals surface area contributed by atoms with Gasteiger partial charge < -0.3 is 9.47 Å². The summed E-state index contributed by atoms with van der Waals surface area (Å²) in [6.45, 7) is 6.85. The van der Waals surface area contributed by atoms with E-state index in [1.165, 1.54) is 0 Å². The zero-order valence-electron chi connectivity index (χ0n) is 11.2. The molecular formula is C14H20BrNO2. The lowest BCUT2D eigenvalue weighted by Crippen LogP contribution is -2.24. The van der Waals surface area contributed by atoms with Crippen LogP contribution in [0, 0.1) is 6.92 Å². The third-order valence-corrected chi connectivity index (χ3v) is 3.71. The highest BCUT2D eigenvalue weighted by molar-refractivity contribution is 9.08. The molecule has 1 aliphatic heterocycles. The molecule has 0 bridgehead atoms. The third kappa shape index (κ3) is 3.45. The maximum Gasteiger partial charge on any atom is 0.141 e. The van der Waals surface area contributed by atoms with E-state index in [0.29, 0.717) is 11.9 Å². The summed E-state index contributed by atoms with van der Waals surface area (Å²) < 4.78 is 11.8. The average Bonchev–Trinajstić information content (AvgIpc) is 2.67. The number of rotatable bonds is 4. The number of halogens is 1. The Hall–Kier alpha value is -0.610. The molecule has 18 heavy (non-hydrogen) atoms. The predicted molar refractivity (Wildman–Crippen MR) is 75.3 cm³/mol. The Morgan fingerprint density at radius 1 is 1.50 bits per heavy atom. The summed E-state index contributed by atoms with van der Waals surface area (Å²) in [4.78, 5) is 4.45. The smallest absolute Gasteiger partial charge is 0.141 e. The van der Waals surface area contributed by atoms with Gasteiger partial charge >= 0.3 is 0 Å². The molecule has 1 aromatic heterocycles. The van der Waals surface area contributed by atoms with Gasteiger partial charge in [0.05, 0.1) is 17.4 Å². The van der Waals surface area contributed by atoms with Crippen LogP contribution in [0.3, 0.4) is 0 Å². The quantitative estimate of drug-likeness (QED) is 0.796. The van der Waals surface area contributed by atoms with Crippen molar-refractivity contribution in [3.8, 4) is 5.75 Å². The molecule has 3 nitrogen and oxygen atoms in total. The third-order valence-electron chi connectivity index (χ3n) is 3.18. The first-order valence-electron chi connectivity index (χ1n) is 6.33. The van der Waals surface area contributed by atoms with Crippen molar-refractivity contribution in [3.05, 3.63) is 23.5 Å². The van der Waals surface area contributed by atoms with Crippen molar-refractivity contribution in [3.63, 3.8) is 0 Å². The van der Waals surface area contributed by atoms with Crippen LogP contribution in [0.25, 0.3) is 0 Å². The van der Waals surface area contributed by atoms with Crippen molar-refractivity contribution in [2.24, 2.45) is 0 Å². The predicted octanol–water partition coefficient (Wildman–Crippen LogP) is 3.62. The zero-order chi connectivity index (χ0) is 13.2. The van der Waals surface area contributed by atoms with Crippen molar-refractivity contribution in [1.82, 2.24) is 4.98 Å². The zero-order valence-corrected chi connectivity index (χ0v) is 12.8. The summed E-state index contributed by atoms with van der Waals surface area (Å²) in [5.74, 6) is 0.853. The van der Waals surface area contributed by atoms with Crippen LogP contribution >= 0.6 is 15.9 Å². The van der Waals surface area contributed by atoms with Gasteiger partial charge in [0.1, 0.15) is 12.4 Å². The number of hydrogen-bond acceptors (Lipinski definition) is 3. The molecule has 1 aliphatic rings. The first kappa shape index (κ1) is 13.8. The fourth-order valence-electron chi connectivity index (χ4n) is 2.20. The molecule has 0 N–H and O–H groups in total. The first-order chi connectivity index (χ1) is 8.50. The molecule has 2 heterocycles. The molecule has 2 rings (SSSR count). The van der Waals surface area contributed by atoms with Crippen LogP contribution in [0.4, 0.5) is 0 Å². The Labute approximate surface area is 117 Å². The maximum atomic E-state index is 5.91. The summed E-state index contributed by atoms with van der Waals surface area (Å²) >= 11 is 3.44. The molecule has 0 aliphatic carbocycles. The maximum absolute atomic E-state index is 5.91. The highest BCUT2D eigenvalue weighted by atomic mass is 79.9. The number of pyridine rings is 1. The van der Waals surface area contributed by atoms with Gasteiger partial charge in [-0.15, -0.1) is 0 Å². The van der Waals surface area contributed by atoms with E-state index in [-0.39, 0.29) is 11.7 Å². The molecule has 1 saturated heterocycles. The fourth-order valence-corrected chi connectivity index (χ4v) is 2.60. The summed E-state index contributed by atoms with van der Waals surface area (Å²) in [6, 6.07) is 3.96. The first-order valence-corrected chi connectivity index (χ1v) is 7.45. The average molecular weight is 314 g/mol. The van der Waals surface area contributed by atoms with Crippen LogP contribution in [-0.4, -0.2) is 23.3 Å². The SMILES string of the molecule is Cc1ccc(OCC2CCC(C)(C)O2)c(CBr)n1. The molecule has 100 valence electrons. The van der Waals surface area contributed by atoms with E-state index < -0.39 is 0 Å². The number of nitrogens with zero attached hydrogens (tertiary/aromatic N) is 1. The van der Waals surface area contributed by atoms with E-state index in [1.807, 2.05) is 19.1 Å². The van der Waals surface area contributed by atoms with Crippen molar-refractivity contribution in [2.45, 2.75) is 50.6 Å². The minimum atomic E-state index is -0.00218. The van der Waals surface area contributed by atoms with E-state index in [4.69, 9.17) is 9.47 Å². The van der Waals surface area contributed by atoms with Crippen LogP contribution in [-0.2, 0) is 10.1 Å². The number of hydrogen-bond donors (Lipinski definition) is 0. The molecule has 0 radical (unpaired) electrons. The van der Waals surface area contributed by atoms with Gasteiger partial charge in [0.2, 0.25) is 0 Å². The van der Waals surface area contributed by atoms with Crippen LogP contribution in [0.15, 0.2) is 12.1 Å². The largest absolute Gasteiger partial charge is 0.489 e. The summed E-state index contributed by atoms with van der Waals surface area (Å²) in [5.41, 5.74) is 1.96. The van der Waals surface area contributed by atoms with Crippen molar-refractivity contribution >= 4 is 15.9 Å². The van der Waals surface area contributed by atoms with Crippen molar-refractivity contribution in [2.75, 3.05) is 6.61 Å². The lowest BCUT2D eigenvalue weighted by atomic mass is 10.1. The second kappa shape index (κ2) is 5.57. The number of ether oxygens (including phenoxy) is 2. The van der Waals surface area contributed by atoms with E-state index >= 15 is 0 Å². The van der Waals surface area contributed by atoms with Crippen LogP contribution in [0.2, 0.25) is 0 Å². The second-order valence-corrected chi connectivity index (χ2v) is 5.94. The Morgan fingerprint density at radius 3 is 2.89 bits per heavy atom. The minimum Gasteiger partial charge on any atom is -0.489 e. The van der Waals surface area contributed by atoms with Crippen molar-refractivity contribution < 1.29 is 9.47 Å². The van der Waals surface area contributed by atoms with Gasteiger partial charge in [-0.1, -0.05) is 15.9 Å². The minimum absolute atomic E-state index is 0.00218. The van der Waals surface area contributed by atoms with Gasteiger partial charge in [0, 0.05) is 11.0 Å². The van der Waals surface area contributed by atoms with Gasteiger partial charge in [0.25, 0.3) is 0 Å². The van der Waals surface area contributed by atoms with Gasteiger partial charge in [-0.2, -0.15) is 0 Å². The highest BCUT2D eigenvalue weighted by Gasteiger charge is 2.32. The lowest BCUT2D eigenvalue weighted by Gasteiger charge is -2.19. The summed E-state index contributed by atoms with van der Waals surface area (Å²) in [7, 11) is 0. The van der Waals surface area contributed by atoms with Crippen LogP contribution < -0.4 is 4.74 Å². The molecule has 0 spiro atoms. The molecule has 1 fully saturated rings. The topological polar surface area (TPSA) is 31.4 Å². The molecule has 0 saturated carbocycles. The summed E-state index contributed by atoms with van der Waals surface area (Å²) in [5, 5.41) is 0.709. The fraction of sp³-hybridized carbons (Fsp3) is 0.643. The Balaban J connectivity index is 1.94. The van der Waals surface area contributed by atoms with Gasteiger partial charge in [-0.3, -0.25) is 4.98 Å². The second-order valence-electron chi connectivity index (χ2n) is 5.38. The number of alkyl halides is 1. The molecule has 4 heteroatoms. The van der Waals surface area contributed by atoms with Crippen LogP contribution in [0.1, 0.15) is 38.1 Å². The van der Waals surface area contributed by atoms with E-state index in [1.54, 1.807) is 0 Å². The van der Waals surface area contributed by atoms with Crippen LogP contribution in [0.5, 0.6) is 5.75 Å². The van der Waals surface area contributed by atoms with Crippen molar-refractivity contribution in [1.29, 1.82) is 0 Å². The Morgan fingerprint density at radius 2 is 2.28 bits per heavy atom. The van der Waals surface area contributed by atoms with E-state index in [0.717, 1.165) is 30.0 Å². The molecule has 1 atom stereocenters. The normalized spacial score (nSPS) is 22.1. The molecule has 1 unspecified atom stereocenters. The molecule has 0 amide bonds. The van der Waals surface area contributed by atoms with E-state index in [2.05, 4.69) is 34.8 Å². The lowest BCUT2D eigenvalue weighted by molar-refractivity contribution is -0.0327. The molecular weight excluding hydrogens is 294 g/mol. The monoisotopic (exact) mass is 313 g/mol. The Kier molecular flexibility index (Phi) is 4.28. The highest BCUT2D eigenvalue weighted by Crippen LogP contribution is 2.30. The van der Waals surface area contributed by atoms with E-state index in [9.17, 15) is 0 Å². The van der Waals surface area contributed by atoms with Gasteiger partial charge in [0.15, 0.2) is 0 Å². The van der Waals surface area contributed by atoms with Gasteiger partial charge in [-0.25, -0.2) is 0 Å². The van der Waals surface area contributed by atoms with Gasteiger partial charge in [-0.05, 0) is 45.7 Å². The number of aryl methyl sites for hydroxylation is 1. The standard InChI is InChI=1S/C14H20BrNO2/c1-10-4-5-13(12(8-15)16-10)17-9-11-6-7-14(2,3)18-11/h4-5,11H,6-9H2,1-3H3.